The molecule has 0 fully saturated rings. The summed E-state index contributed by atoms with van der Waals surface area (Å²) in [5.41, 5.74) is 0.677. The van der Waals surface area contributed by atoms with Crippen LogP contribution < -0.4 is 4.90 Å². The first kappa shape index (κ1) is 14.2. The summed E-state index contributed by atoms with van der Waals surface area (Å²) in [6.45, 7) is 1.61. The van der Waals surface area contributed by atoms with Gasteiger partial charge in [0.2, 0.25) is 0 Å². The Kier molecular flexibility index (Phi) is 4.80. The second kappa shape index (κ2) is 6.78. The summed E-state index contributed by atoms with van der Waals surface area (Å²) >= 11 is 0. The van der Waals surface area contributed by atoms with Crippen LogP contribution in [0, 0.1) is 17.1 Å². The molecular weight excluding hydrogens is 259 g/mol. The molecule has 5 nitrogen and oxygen atoms in total. The summed E-state index contributed by atoms with van der Waals surface area (Å²) in [6, 6.07) is 6.51. The molecule has 0 bridgehead atoms. The second-order valence-electron chi connectivity index (χ2n) is 4.25. The number of fused-ring (bicyclic) bond motifs is 1. The number of anilines is 1. The number of hydrogen-bond donors (Lipinski definition) is 0. The molecule has 0 saturated carbocycles. The lowest BCUT2D eigenvalue weighted by molar-refractivity contribution is 0.205. The Hall–Kier alpha value is -2.26. The van der Waals surface area contributed by atoms with Crippen molar-refractivity contribution in [1.82, 2.24) is 9.97 Å². The molecule has 0 N–H and O–H groups in total. The maximum absolute atomic E-state index is 13.4. The zero-order chi connectivity index (χ0) is 14.4. The number of aromatic nitrogens is 2. The van der Waals surface area contributed by atoms with E-state index in [0.29, 0.717) is 42.8 Å². The van der Waals surface area contributed by atoms with E-state index in [1.54, 1.807) is 13.2 Å². The van der Waals surface area contributed by atoms with Crippen LogP contribution in [-0.4, -0.2) is 36.8 Å². The van der Waals surface area contributed by atoms with E-state index in [9.17, 15) is 4.39 Å². The van der Waals surface area contributed by atoms with Crippen molar-refractivity contribution in [2.45, 2.75) is 6.42 Å². The Bertz CT molecular complexity index is 626. The molecule has 0 aliphatic rings. The van der Waals surface area contributed by atoms with Crippen LogP contribution in [0.2, 0.25) is 0 Å². The third-order valence-corrected chi connectivity index (χ3v) is 2.93. The van der Waals surface area contributed by atoms with Crippen molar-refractivity contribution in [1.29, 1.82) is 5.26 Å². The maximum atomic E-state index is 13.4. The number of nitriles is 1. The molecule has 2 aromatic rings. The van der Waals surface area contributed by atoms with E-state index in [2.05, 4.69) is 16.0 Å². The van der Waals surface area contributed by atoms with E-state index in [4.69, 9.17) is 10.00 Å². The van der Waals surface area contributed by atoms with Crippen LogP contribution in [0.5, 0.6) is 0 Å². The zero-order valence-electron chi connectivity index (χ0n) is 11.2. The second-order valence-corrected chi connectivity index (χ2v) is 4.25. The highest BCUT2D eigenvalue weighted by atomic mass is 19.1. The van der Waals surface area contributed by atoms with Crippen LogP contribution in [0.15, 0.2) is 24.5 Å². The Balaban J connectivity index is 2.40. The van der Waals surface area contributed by atoms with Crippen LogP contribution in [0.3, 0.4) is 0 Å². The largest absolute Gasteiger partial charge is 0.383 e. The van der Waals surface area contributed by atoms with E-state index in [-0.39, 0.29) is 5.82 Å². The predicted molar refractivity (Wildman–Crippen MR) is 73.8 cm³/mol. The third kappa shape index (κ3) is 3.19. The van der Waals surface area contributed by atoms with Crippen LogP contribution in [-0.2, 0) is 4.74 Å². The molecule has 0 spiro atoms. The smallest absolute Gasteiger partial charge is 0.140 e. The van der Waals surface area contributed by atoms with Gasteiger partial charge in [0, 0.05) is 25.6 Å². The summed E-state index contributed by atoms with van der Waals surface area (Å²) in [5, 5.41) is 9.38. The minimum Gasteiger partial charge on any atom is -0.383 e. The highest BCUT2D eigenvalue weighted by molar-refractivity contribution is 5.89. The molecule has 0 aliphatic carbocycles. The Morgan fingerprint density at radius 1 is 1.35 bits per heavy atom. The molecule has 0 saturated heterocycles. The molecule has 104 valence electrons. The van der Waals surface area contributed by atoms with Gasteiger partial charge in [-0.25, -0.2) is 14.4 Å². The van der Waals surface area contributed by atoms with E-state index in [1.807, 2.05) is 4.90 Å². The SMILES string of the molecule is COCCN(CCC#N)c1ncnc2ccc(F)cc12. The van der Waals surface area contributed by atoms with Crippen LogP contribution in [0.1, 0.15) is 6.42 Å². The van der Waals surface area contributed by atoms with Gasteiger partial charge in [-0.15, -0.1) is 0 Å². The Morgan fingerprint density at radius 2 is 2.20 bits per heavy atom. The topological polar surface area (TPSA) is 62.0 Å². The molecule has 1 heterocycles. The number of halogens is 1. The quantitative estimate of drug-likeness (QED) is 0.807. The monoisotopic (exact) mass is 274 g/mol. The average Bonchev–Trinajstić information content (AvgIpc) is 2.47. The minimum absolute atomic E-state index is 0.333. The predicted octanol–water partition coefficient (Wildman–Crippen LogP) is 2.14. The lowest BCUT2D eigenvalue weighted by atomic mass is 10.2. The van der Waals surface area contributed by atoms with Crippen molar-refractivity contribution in [2.75, 3.05) is 31.7 Å². The lowest BCUT2D eigenvalue weighted by Gasteiger charge is -2.23. The molecule has 1 aromatic carbocycles. The lowest BCUT2D eigenvalue weighted by Crippen LogP contribution is -2.29. The Morgan fingerprint density at radius 3 is 2.95 bits per heavy atom. The summed E-state index contributed by atoms with van der Waals surface area (Å²) < 4.78 is 18.5. The first-order valence-corrected chi connectivity index (χ1v) is 6.27. The molecule has 0 aliphatic heterocycles. The Labute approximate surface area is 116 Å². The minimum atomic E-state index is -0.333. The molecule has 0 radical (unpaired) electrons. The van der Waals surface area contributed by atoms with Gasteiger partial charge in [-0.1, -0.05) is 0 Å². The van der Waals surface area contributed by atoms with Crippen molar-refractivity contribution in [3.8, 4) is 6.07 Å². The number of ether oxygens (including phenoxy) is 1. The van der Waals surface area contributed by atoms with Crippen molar-refractivity contribution in [2.24, 2.45) is 0 Å². The third-order valence-electron chi connectivity index (χ3n) is 2.93. The number of hydrogen-bond acceptors (Lipinski definition) is 5. The number of benzene rings is 1. The van der Waals surface area contributed by atoms with Crippen molar-refractivity contribution >= 4 is 16.7 Å². The van der Waals surface area contributed by atoms with Crippen molar-refractivity contribution in [3.63, 3.8) is 0 Å². The van der Waals surface area contributed by atoms with Gasteiger partial charge in [0.1, 0.15) is 18.0 Å². The van der Waals surface area contributed by atoms with Gasteiger partial charge in [0.25, 0.3) is 0 Å². The normalized spacial score (nSPS) is 10.4. The molecular formula is C14H15FN4O. The van der Waals surface area contributed by atoms with Crippen molar-refractivity contribution in [3.05, 3.63) is 30.3 Å². The zero-order valence-corrected chi connectivity index (χ0v) is 11.2. The number of rotatable bonds is 6. The fourth-order valence-corrected chi connectivity index (χ4v) is 1.98. The summed E-state index contributed by atoms with van der Waals surface area (Å²) in [5.74, 6) is 0.294. The highest BCUT2D eigenvalue weighted by Gasteiger charge is 2.12. The van der Waals surface area contributed by atoms with Gasteiger partial charge >= 0.3 is 0 Å². The number of methoxy groups -OCH3 is 1. The fourth-order valence-electron chi connectivity index (χ4n) is 1.98. The van der Waals surface area contributed by atoms with Gasteiger partial charge < -0.3 is 9.64 Å². The molecule has 0 atom stereocenters. The standard InChI is InChI=1S/C14H15FN4O/c1-20-8-7-19(6-2-5-16)14-12-9-11(15)3-4-13(12)17-10-18-14/h3-4,9-10H,2,6-8H2,1H3. The molecule has 20 heavy (non-hydrogen) atoms. The maximum Gasteiger partial charge on any atom is 0.140 e. The van der Waals surface area contributed by atoms with Crippen LogP contribution in [0.25, 0.3) is 10.9 Å². The molecule has 0 unspecified atom stereocenters. The summed E-state index contributed by atoms with van der Waals surface area (Å²) in [4.78, 5) is 10.3. The highest BCUT2D eigenvalue weighted by Crippen LogP contribution is 2.23. The van der Waals surface area contributed by atoms with Gasteiger partial charge in [0.15, 0.2) is 0 Å². The summed E-state index contributed by atoms with van der Waals surface area (Å²) in [6.07, 6.45) is 1.81. The van der Waals surface area contributed by atoms with E-state index >= 15 is 0 Å². The van der Waals surface area contributed by atoms with Crippen LogP contribution >= 0.6 is 0 Å². The van der Waals surface area contributed by atoms with Crippen LogP contribution in [0.4, 0.5) is 10.2 Å². The van der Waals surface area contributed by atoms with Gasteiger partial charge in [-0.05, 0) is 18.2 Å². The van der Waals surface area contributed by atoms with Crippen molar-refractivity contribution < 1.29 is 9.13 Å². The van der Waals surface area contributed by atoms with Gasteiger partial charge in [0.05, 0.1) is 24.6 Å². The molecule has 1 aromatic heterocycles. The number of nitrogens with zero attached hydrogens (tertiary/aromatic N) is 4. The van der Waals surface area contributed by atoms with Gasteiger partial charge in [-0.3, -0.25) is 0 Å². The average molecular weight is 274 g/mol. The first-order chi connectivity index (χ1) is 9.76. The van der Waals surface area contributed by atoms with E-state index < -0.39 is 0 Å². The molecule has 6 heteroatoms. The van der Waals surface area contributed by atoms with E-state index in [1.165, 1.54) is 18.5 Å². The van der Waals surface area contributed by atoms with Gasteiger partial charge in [-0.2, -0.15) is 5.26 Å². The molecule has 0 amide bonds. The molecule has 2 rings (SSSR count). The van der Waals surface area contributed by atoms with E-state index in [0.717, 1.165) is 0 Å². The first-order valence-electron chi connectivity index (χ1n) is 6.27. The fraction of sp³-hybridized carbons (Fsp3) is 0.357. The summed E-state index contributed by atoms with van der Waals surface area (Å²) in [7, 11) is 1.61.